The van der Waals surface area contributed by atoms with E-state index in [1.807, 2.05) is 0 Å². The molecular weight excluding hydrogens is 223 g/mol. The number of nitrogens with one attached hydrogen (secondary N) is 3. The van der Waals surface area contributed by atoms with Crippen molar-refractivity contribution in [3.8, 4) is 0 Å². The Labute approximate surface area is 98.1 Å². The van der Waals surface area contributed by atoms with E-state index in [9.17, 15) is 9.18 Å². The van der Waals surface area contributed by atoms with Crippen LogP contribution in [0.4, 0.5) is 4.39 Å². The number of rotatable bonds is 3. The molecule has 1 atom stereocenters. The van der Waals surface area contributed by atoms with Crippen LogP contribution in [0.5, 0.6) is 0 Å². The van der Waals surface area contributed by atoms with Crippen molar-refractivity contribution >= 4 is 12.1 Å². The van der Waals surface area contributed by atoms with Gasteiger partial charge in [0.15, 0.2) is 0 Å². The minimum absolute atomic E-state index is 0.187. The Balaban J connectivity index is 1.84. The lowest BCUT2D eigenvalue weighted by molar-refractivity contribution is -0.122. The van der Waals surface area contributed by atoms with Crippen molar-refractivity contribution in [1.29, 1.82) is 0 Å². The Morgan fingerprint density at radius 2 is 2.24 bits per heavy atom. The van der Waals surface area contributed by atoms with Crippen molar-refractivity contribution < 1.29 is 9.18 Å². The number of amides is 1. The quantitative estimate of drug-likeness (QED) is 0.517. The molecule has 1 heterocycles. The van der Waals surface area contributed by atoms with Crippen molar-refractivity contribution in [3.63, 3.8) is 0 Å². The maximum absolute atomic E-state index is 12.6. The van der Waals surface area contributed by atoms with E-state index in [-0.39, 0.29) is 17.8 Å². The second-order valence-corrected chi connectivity index (χ2v) is 3.70. The fourth-order valence-electron chi connectivity index (χ4n) is 1.48. The number of hydrazone groups is 1. The Morgan fingerprint density at radius 3 is 2.88 bits per heavy atom. The monoisotopic (exact) mass is 236 g/mol. The number of benzene rings is 1. The second kappa shape index (κ2) is 5.51. The third-order valence-corrected chi connectivity index (χ3v) is 2.41. The molecule has 0 bridgehead atoms. The summed E-state index contributed by atoms with van der Waals surface area (Å²) < 4.78 is 12.6. The van der Waals surface area contributed by atoms with Crippen molar-refractivity contribution in [1.82, 2.24) is 16.3 Å². The average Bonchev–Trinajstić information content (AvgIpc) is 2.85. The molecule has 17 heavy (non-hydrogen) atoms. The van der Waals surface area contributed by atoms with Crippen LogP contribution in [0.15, 0.2) is 29.4 Å². The SMILES string of the molecule is O=C(N/N=C\c1ccc(F)cc1)C1CCNN1. The molecule has 0 aromatic heterocycles. The summed E-state index contributed by atoms with van der Waals surface area (Å²) in [6.45, 7) is 0.764. The van der Waals surface area contributed by atoms with Crippen LogP contribution >= 0.6 is 0 Å². The van der Waals surface area contributed by atoms with E-state index < -0.39 is 0 Å². The van der Waals surface area contributed by atoms with Gasteiger partial charge in [0.05, 0.1) is 6.21 Å². The van der Waals surface area contributed by atoms with Crippen LogP contribution in [-0.2, 0) is 4.79 Å². The molecule has 0 saturated carbocycles. The maximum Gasteiger partial charge on any atom is 0.258 e. The van der Waals surface area contributed by atoms with Gasteiger partial charge in [0.25, 0.3) is 5.91 Å². The lowest BCUT2D eigenvalue weighted by Gasteiger charge is -2.06. The minimum atomic E-state index is -0.299. The largest absolute Gasteiger partial charge is 0.271 e. The molecule has 1 unspecified atom stereocenters. The summed E-state index contributed by atoms with van der Waals surface area (Å²) in [5, 5.41) is 3.80. The summed E-state index contributed by atoms with van der Waals surface area (Å²) in [6.07, 6.45) is 2.21. The number of hydrogen-bond acceptors (Lipinski definition) is 4. The molecule has 1 aliphatic rings. The summed E-state index contributed by atoms with van der Waals surface area (Å²) >= 11 is 0. The van der Waals surface area contributed by atoms with E-state index in [0.717, 1.165) is 18.5 Å². The van der Waals surface area contributed by atoms with Crippen molar-refractivity contribution in [2.75, 3.05) is 6.54 Å². The van der Waals surface area contributed by atoms with E-state index in [1.165, 1.54) is 18.3 Å². The normalized spacial score (nSPS) is 19.7. The average molecular weight is 236 g/mol. The maximum atomic E-state index is 12.6. The van der Waals surface area contributed by atoms with Crippen LogP contribution in [0.1, 0.15) is 12.0 Å². The highest BCUT2D eigenvalue weighted by Gasteiger charge is 2.21. The lowest BCUT2D eigenvalue weighted by Crippen LogP contribution is -2.41. The van der Waals surface area contributed by atoms with Crippen molar-refractivity contribution in [2.24, 2.45) is 5.10 Å². The van der Waals surface area contributed by atoms with Gasteiger partial charge in [-0.1, -0.05) is 12.1 Å². The molecule has 1 aromatic rings. The highest BCUT2D eigenvalue weighted by Crippen LogP contribution is 1.99. The molecule has 2 rings (SSSR count). The zero-order valence-corrected chi connectivity index (χ0v) is 9.11. The first-order valence-corrected chi connectivity index (χ1v) is 5.32. The predicted molar refractivity (Wildman–Crippen MR) is 61.7 cm³/mol. The van der Waals surface area contributed by atoms with E-state index in [4.69, 9.17) is 0 Å². The molecular formula is C11H13FN4O. The van der Waals surface area contributed by atoms with Crippen LogP contribution in [0, 0.1) is 5.82 Å². The number of halogens is 1. The molecule has 1 aliphatic heterocycles. The summed E-state index contributed by atoms with van der Waals surface area (Å²) in [6, 6.07) is 5.60. The van der Waals surface area contributed by atoms with E-state index in [1.54, 1.807) is 12.1 Å². The van der Waals surface area contributed by atoms with Gasteiger partial charge in [-0.25, -0.2) is 15.2 Å². The minimum Gasteiger partial charge on any atom is -0.271 e. The third-order valence-electron chi connectivity index (χ3n) is 2.41. The van der Waals surface area contributed by atoms with Gasteiger partial charge in [-0.3, -0.25) is 10.2 Å². The summed E-state index contributed by atoms with van der Waals surface area (Å²) in [4.78, 5) is 11.5. The Kier molecular flexibility index (Phi) is 3.79. The van der Waals surface area contributed by atoms with Gasteiger partial charge >= 0.3 is 0 Å². The highest BCUT2D eigenvalue weighted by molar-refractivity contribution is 5.84. The number of carbonyl (C=O) groups is 1. The number of hydrazine groups is 1. The first-order chi connectivity index (χ1) is 8.25. The van der Waals surface area contributed by atoms with Crippen LogP contribution in [-0.4, -0.2) is 24.7 Å². The molecule has 0 radical (unpaired) electrons. The molecule has 1 saturated heterocycles. The summed E-state index contributed by atoms with van der Waals surface area (Å²) in [5.74, 6) is -0.485. The molecule has 90 valence electrons. The van der Waals surface area contributed by atoms with Crippen LogP contribution < -0.4 is 16.3 Å². The van der Waals surface area contributed by atoms with Gasteiger partial charge in [-0.2, -0.15) is 5.10 Å². The van der Waals surface area contributed by atoms with Gasteiger partial charge in [-0.15, -0.1) is 0 Å². The lowest BCUT2D eigenvalue weighted by atomic mass is 10.2. The van der Waals surface area contributed by atoms with Gasteiger partial charge in [0.2, 0.25) is 0 Å². The smallest absolute Gasteiger partial charge is 0.258 e. The fraction of sp³-hybridized carbons (Fsp3) is 0.273. The van der Waals surface area contributed by atoms with Crippen LogP contribution in [0.2, 0.25) is 0 Å². The van der Waals surface area contributed by atoms with Crippen LogP contribution in [0.3, 0.4) is 0 Å². The molecule has 1 aromatic carbocycles. The third kappa shape index (κ3) is 3.33. The standard InChI is InChI=1S/C11H13FN4O/c12-9-3-1-8(2-4-9)7-14-16-11(17)10-5-6-13-15-10/h1-4,7,10,13,15H,5-6H2,(H,16,17)/b14-7-. The van der Waals surface area contributed by atoms with E-state index in [2.05, 4.69) is 21.4 Å². The fourth-order valence-corrected chi connectivity index (χ4v) is 1.48. The first-order valence-electron chi connectivity index (χ1n) is 5.32. The Bertz CT molecular complexity index is 412. The van der Waals surface area contributed by atoms with Crippen molar-refractivity contribution in [2.45, 2.75) is 12.5 Å². The summed E-state index contributed by atoms with van der Waals surface area (Å²) in [5.41, 5.74) is 8.84. The molecule has 5 nitrogen and oxygen atoms in total. The molecule has 1 amide bonds. The highest BCUT2D eigenvalue weighted by atomic mass is 19.1. The molecule has 3 N–H and O–H groups in total. The van der Waals surface area contributed by atoms with Gasteiger partial charge in [0, 0.05) is 6.54 Å². The van der Waals surface area contributed by atoms with Crippen LogP contribution in [0.25, 0.3) is 0 Å². The zero-order chi connectivity index (χ0) is 12.1. The number of hydrogen-bond donors (Lipinski definition) is 3. The number of carbonyl (C=O) groups excluding carboxylic acids is 1. The first kappa shape index (κ1) is 11.7. The second-order valence-electron chi connectivity index (χ2n) is 3.70. The van der Waals surface area contributed by atoms with E-state index in [0.29, 0.717) is 0 Å². The predicted octanol–water partition coefficient (Wildman–Crippen LogP) is 0.142. The van der Waals surface area contributed by atoms with Gasteiger partial charge in [-0.05, 0) is 24.1 Å². The molecule has 1 fully saturated rings. The number of nitrogens with zero attached hydrogens (tertiary/aromatic N) is 1. The van der Waals surface area contributed by atoms with Gasteiger partial charge < -0.3 is 0 Å². The summed E-state index contributed by atoms with van der Waals surface area (Å²) in [7, 11) is 0. The van der Waals surface area contributed by atoms with Crippen molar-refractivity contribution in [3.05, 3.63) is 35.6 Å². The Hall–Kier alpha value is -1.79. The Morgan fingerprint density at radius 1 is 1.47 bits per heavy atom. The van der Waals surface area contributed by atoms with Gasteiger partial charge in [0.1, 0.15) is 11.9 Å². The topological polar surface area (TPSA) is 65.5 Å². The zero-order valence-electron chi connectivity index (χ0n) is 9.11. The molecule has 0 spiro atoms. The molecule has 0 aliphatic carbocycles. The molecule has 6 heteroatoms. The van der Waals surface area contributed by atoms with E-state index >= 15 is 0 Å².